The minimum atomic E-state index is -3.57. The number of rotatable bonds is 3. The molecule has 0 unspecified atom stereocenters. The summed E-state index contributed by atoms with van der Waals surface area (Å²) < 4.78 is 33.7. The van der Waals surface area contributed by atoms with Crippen LogP contribution >= 0.6 is 0 Å². The molecule has 6 nitrogen and oxygen atoms in total. The molecule has 31 heavy (non-hydrogen) atoms. The number of piperidine rings is 2. The predicted octanol–water partition coefficient (Wildman–Crippen LogP) is 3.14. The maximum absolute atomic E-state index is 13.3. The molecule has 2 fully saturated rings. The lowest BCUT2D eigenvalue weighted by Gasteiger charge is -2.41. The standard InChI is InChI=1S/C24H28N2O4S/c27-23(19-8-6-14-26(17-19)31(28,29)21-9-2-1-3-10-21)25-15-12-24(13-16-25)22-11-5-4-7-20(22)18-30-24/h1-5,7,9-11,19H,6,8,12-18H2/t19-/m1/s1. The second-order valence-corrected chi connectivity index (χ2v) is 10.7. The molecule has 0 saturated carbocycles. The number of nitrogens with zero attached hydrogens (tertiary/aromatic N) is 2. The van der Waals surface area contributed by atoms with Crippen molar-refractivity contribution in [2.24, 2.45) is 5.92 Å². The van der Waals surface area contributed by atoms with Crippen molar-refractivity contribution in [3.05, 3.63) is 65.7 Å². The van der Waals surface area contributed by atoms with Gasteiger partial charge in [0.25, 0.3) is 0 Å². The largest absolute Gasteiger partial charge is 0.365 e. The van der Waals surface area contributed by atoms with E-state index in [2.05, 4.69) is 18.2 Å². The van der Waals surface area contributed by atoms with Crippen LogP contribution in [0.25, 0.3) is 0 Å². The van der Waals surface area contributed by atoms with Crippen LogP contribution < -0.4 is 0 Å². The van der Waals surface area contributed by atoms with E-state index in [1.807, 2.05) is 11.0 Å². The van der Waals surface area contributed by atoms with Crippen molar-refractivity contribution in [1.29, 1.82) is 0 Å². The van der Waals surface area contributed by atoms with E-state index in [1.165, 1.54) is 15.4 Å². The molecule has 3 aliphatic heterocycles. The van der Waals surface area contributed by atoms with Gasteiger partial charge in [-0.1, -0.05) is 42.5 Å². The number of hydrogen-bond acceptors (Lipinski definition) is 4. The molecule has 0 radical (unpaired) electrons. The Balaban J connectivity index is 1.25. The monoisotopic (exact) mass is 440 g/mol. The van der Waals surface area contributed by atoms with Gasteiger partial charge in [-0.05, 0) is 48.9 Å². The zero-order chi connectivity index (χ0) is 21.5. The first-order valence-electron chi connectivity index (χ1n) is 11.1. The number of carbonyl (C=O) groups excluding carboxylic acids is 1. The number of hydrogen-bond donors (Lipinski definition) is 0. The number of likely N-dealkylation sites (tertiary alicyclic amines) is 1. The Hall–Kier alpha value is -2.22. The van der Waals surface area contributed by atoms with E-state index in [0.717, 1.165) is 19.3 Å². The maximum atomic E-state index is 13.3. The van der Waals surface area contributed by atoms with Crippen molar-refractivity contribution in [2.75, 3.05) is 26.2 Å². The van der Waals surface area contributed by atoms with Gasteiger partial charge in [-0.25, -0.2) is 8.42 Å². The lowest BCUT2D eigenvalue weighted by atomic mass is 9.83. The van der Waals surface area contributed by atoms with Crippen LogP contribution in [0.1, 0.15) is 36.8 Å². The summed E-state index contributed by atoms with van der Waals surface area (Å²) in [5.41, 5.74) is 2.24. The van der Waals surface area contributed by atoms with Gasteiger partial charge in [0.1, 0.15) is 0 Å². The zero-order valence-electron chi connectivity index (χ0n) is 17.6. The van der Waals surface area contributed by atoms with Crippen LogP contribution in [0.3, 0.4) is 0 Å². The average molecular weight is 441 g/mol. The third kappa shape index (κ3) is 3.69. The first kappa shape index (κ1) is 20.7. The van der Waals surface area contributed by atoms with Gasteiger partial charge in [-0.15, -0.1) is 0 Å². The molecule has 3 heterocycles. The molecule has 164 valence electrons. The molecule has 3 aliphatic rings. The molecule has 5 rings (SSSR count). The molecule has 2 aromatic carbocycles. The summed E-state index contributed by atoms with van der Waals surface area (Å²) in [5, 5.41) is 0. The Labute approximate surface area is 183 Å². The lowest BCUT2D eigenvalue weighted by Crippen LogP contribution is -2.50. The van der Waals surface area contributed by atoms with Gasteiger partial charge in [0.05, 0.1) is 23.0 Å². The summed E-state index contributed by atoms with van der Waals surface area (Å²) in [4.78, 5) is 15.5. The van der Waals surface area contributed by atoms with E-state index in [1.54, 1.807) is 30.3 Å². The van der Waals surface area contributed by atoms with Gasteiger partial charge < -0.3 is 9.64 Å². The van der Waals surface area contributed by atoms with Crippen LogP contribution in [0.5, 0.6) is 0 Å². The molecule has 1 atom stereocenters. The van der Waals surface area contributed by atoms with E-state index < -0.39 is 10.0 Å². The summed E-state index contributed by atoms with van der Waals surface area (Å²) >= 11 is 0. The minimum Gasteiger partial charge on any atom is -0.365 e. The SMILES string of the molecule is O=C([C@@H]1CCCN(S(=O)(=O)c2ccccc2)C1)N1CCC2(CC1)OCc1ccccc12. The molecule has 0 aromatic heterocycles. The molecule has 0 aliphatic carbocycles. The molecule has 0 bridgehead atoms. The van der Waals surface area contributed by atoms with Crippen molar-refractivity contribution in [2.45, 2.75) is 42.8 Å². The molecule has 7 heteroatoms. The third-order valence-electron chi connectivity index (χ3n) is 7.01. The Bertz CT molecular complexity index is 1060. The average Bonchev–Trinajstić information content (AvgIpc) is 3.18. The minimum absolute atomic E-state index is 0.0779. The summed E-state index contributed by atoms with van der Waals surface area (Å²) in [7, 11) is -3.57. The Kier molecular flexibility index (Phi) is 5.36. The second kappa shape index (κ2) is 8.04. The van der Waals surface area contributed by atoms with Crippen molar-refractivity contribution in [3.63, 3.8) is 0 Å². The number of benzene rings is 2. The fourth-order valence-electron chi connectivity index (χ4n) is 5.25. The fourth-order valence-corrected chi connectivity index (χ4v) is 6.79. The summed E-state index contributed by atoms with van der Waals surface area (Å²) in [6, 6.07) is 16.8. The highest BCUT2D eigenvalue weighted by atomic mass is 32.2. The van der Waals surface area contributed by atoms with Gasteiger partial charge >= 0.3 is 0 Å². The van der Waals surface area contributed by atoms with E-state index >= 15 is 0 Å². The van der Waals surface area contributed by atoms with E-state index in [0.29, 0.717) is 37.6 Å². The van der Waals surface area contributed by atoms with E-state index in [9.17, 15) is 13.2 Å². The summed E-state index contributed by atoms with van der Waals surface area (Å²) in [5.74, 6) is -0.202. The number of fused-ring (bicyclic) bond motifs is 2. The maximum Gasteiger partial charge on any atom is 0.243 e. The van der Waals surface area contributed by atoms with Crippen molar-refractivity contribution < 1.29 is 17.9 Å². The third-order valence-corrected chi connectivity index (χ3v) is 8.89. The highest BCUT2D eigenvalue weighted by Crippen LogP contribution is 2.44. The zero-order valence-corrected chi connectivity index (χ0v) is 18.4. The molecule has 1 amide bonds. The number of carbonyl (C=O) groups is 1. The molecule has 0 N–H and O–H groups in total. The summed E-state index contributed by atoms with van der Waals surface area (Å²) in [6.45, 7) is 2.66. The highest BCUT2D eigenvalue weighted by molar-refractivity contribution is 7.89. The topological polar surface area (TPSA) is 66.9 Å². The van der Waals surface area contributed by atoms with E-state index in [4.69, 9.17) is 4.74 Å². The molecular weight excluding hydrogens is 412 g/mol. The van der Waals surface area contributed by atoms with Crippen LogP contribution in [0.15, 0.2) is 59.5 Å². The molecule has 1 spiro atoms. The van der Waals surface area contributed by atoms with Crippen molar-refractivity contribution in [1.82, 2.24) is 9.21 Å². The molecule has 2 aromatic rings. The van der Waals surface area contributed by atoms with Crippen LogP contribution in [-0.4, -0.2) is 49.7 Å². The Morgan fingerprint density at radius 3 is 2.45 bits per heavy atom. The Morgan fingerprint density at radius 1 is 0.968 bits per heavy atom. The first-order valence-corrected chi connectivity index (χ1v) is 12.5. The van der Waals surface area contributed by atoms with Gasteiger partial charge in [0, 0.05) is 26.2 Å². The normalized spacial score (nSPS) is 23.6. The first-order chi connectivity index (χ1) is 15.0. The van der Waals surface area contributed by atoms with Crippen LogP contribution in [-0.2, 0) is 31.8 Å². The van der Waals surface area contributed by atoms with Crippen molar-refractivity contribution in [3.8, 4) is 0 Å². The molecular formula is C24H28N2O4S. The van der Waals surface area contributed by atoms with Gasteiger partial charge in [0.2, 0.25) is 15.9 Å². The predicted molar refractivity (Wildman–Crippen MR) is 117 cm³/mol. The summed E-state index contributed by atoms with van der Waals surface area (Å²) in [6.07, 6.45) is 3.01. The number of ether oxygens (including phenoxy) is 1. The van der Waals surface area contributed by atoms with Crippen LogP contribution in [0.2, 0.25) is 0 Å². The Morgan fingerprint density at radius 2 is 1.68 bits per heavy atom. The quantitative estimate of drug-likeness (QED) is 0.736. The van der Waals surface area contributed by atoms with Crippen LogP contribution in [0, 0.1) is 5.92 Å². The van der Waals surface area contributed by atoms with Gasteiger partial charge in [-0.3, -0.25) is 4.79 Å². The fraction of sp³-hybridized carbons (Fsp3) is 0.458. The highest BCUT2D eigenvalue weighted by Gasteiger charge is 2.44. The second-order valence-electron chi connectivity index (χ2n) is 8.78. The smallest absolute Gasteiger partial charge is 0.243 e. The lowest BCUT2D eigenvalue weighted by molar-refractivity contribution is -0.143. The van der Waals surface area contributed by atoms with Crippen molar-refractivity contribution >= 4 is 15.9 Å². The molecule has 2 saturated heterocycles. The van der Waals surface area contributed by atoms with E-state index in [-0.39, 0.29) is 24.0 Å². The van der Waals surface area contributed by atoms with Gasteiger partial charge in [0.15, 0.2) is 0 Å². The van der Waals surface area contributed by atoms with Gasteiger partial charge in [-0.2, -0.15) is 4.31 Å². The number of sulfonamides is 1. The van der Waals surface area contributed by atoms with Crippen LogP contribution in [0.4, 0.5) is 0 Å². The number of amides is 1.